The first-order valence-corrected chi connectivity index (χ1v) is 14.7. The van der Waals surface area contributed by atoms with Crippen LogP contribution in [0.1, 0.15) is 31.2 Å². The number of aliphatic carboxylic acids is 1. The molecular formula is C24H37N5O7S2. The number of carboxylic acids is 1. The fourth-order valence-electron chi connectivity index (χ4n) is 3.36. The lowest BCUT2D eigenvalue weighted by molar-refractivity contribution is -0.142. The van der Waals surface area contributed by atoms with Crippen LogP contribution in [0.4, 0.5) is 0 Å². The molecule has 0 aliphatic heterocycles. The van der Waals surface area contributed by atoms with Crippen LogP contribution < -0.4 is 27.4 Å². The lowest BCUT2D eigenvalue weighted by atomic mass is 10.0. The highest BCUT2D eigenvalue weighted by molar-refractivity contribution is 7.98. The Bertz CT molecular complexity index is 949. The average molecular weight is 572 g/mol. The lowest BCUT2D eigenvalue weighted by Gasteiger charge is -2.25. The summed E-state index contributed by atoms with van der Waals surface area (Å²) in [7, 11) is 0. The number of amides is 4. The van der Waals surface area contributed by atoms with E-state index in [-0.39, 0.29) is 37.9 Å². The van der Waals surface area contributed by atoms with Gasteiger partial charge in [-0.3, -0.25) is 19.2 Å². The van der Waals surface area contributed by atoms with E-state index < -0.39 is 53.8 Å². The van der Waals surface area contributed by atoms with Crippen LogP contribution in [0.2, 0.25) is 0 Å². The monoisotopic (exact) mass is 571 g/mol. The normalized spacial score (nSPS) is 14.0. The molecule has 212 valence electrons. The second-order valence-electron chi connectivity index (χ2n) is 8.57. The highest BCUT2D eigenvalue weighted by Gasteiger charge is 2.30. The van der Waals surface area contributed by atoms with E-state index in [9.17, 15) is 34.2 Å². The molecule has 14 heteroatoms. The number of rotatable bonds is 18. The first kappa shape index (κ1) is 33.1. The molecule has 0 fully saturated rings. The molecule has 0 heterocycles. The zero-order valence-corrected chi connectivity index (χ0v) is 23.1. The molecular weight excluding hydrogens is 534 g/mol. The maximum atomic E-state index is 13.1. The Kier molecular flexibility index (Phi) is 15.2. The Morgan fingerprint density at radius 3 is 1.74 bits per heavy atom. The van der Waals surface area contributed by atoms with Crippen molar-refractivity contribution in [3.05, 3.63) is 29.8 Å². The summed E-state index contributed by atoms with van der Waals surface area (Å²) in [4.78, 5) is 61.4. The molecule has 0 aromatic heterocycles. The maximum absolute atomic E-state index is 13.1. The molecule has 0 saturated heterocycles. The van der Waals surface area contributed by atoms with Crippen LogP contribution in [0.15, 0.2) is 24.3 Å². The summed E-state index contributed by atoms with van der Waals surface area (Å²) in [6, 6.07) is 1.90. The van der Waals surface area contributed by atoms with Crippen molar-refractivity contribution in [2.75, 3.05) is 24.0 Å². The average Bonchev–Trinajstić information content (AvgIpc) is 2.87. The van der Waals surface area contributed by atoms with Crippen LogP contribution in [0.3, 0.4) is 0 Å². The van der Waals surface area contributed by atoms with Crippen molar-refractivity contribution in [1.82, 2.24) is 16.0 Å². The van der Waals surface area contributed by atoms with Gasteiger partial charge in [-0.25, -0.2) is 4.79 Å². The SMILES string of the molecule is CSCCC(NC(=O)C(N)Cc1ccc(O)cc1)C(=O)NC(CCSC)C(=O)NC(CCC(N)=O)C(=O)O. The van der Waals surface area contributed by atoms with Gasteiger partial charge in [-0.2, -0.15) is 23.5 Å². The number of aromatic hydroxyl groups is 1. The Labute approximate surface area is 230 Å². The molecule has 9 N–H and O–H groups in total. The zero-order valence-electron chi connectivity index (χ0n) is 21.5. The third-order valence-electron chi connectivity index (χ3n) is 5.51. The number of hydrogen-bond donors (Lipinski definition) is 7. The molecule has 4 atom stereocenters. The smallest absolute Gasteiger partial charge is 0.326 e. The number of carbonyl (C=O) groups is 5. The molecule has 1 aromatic carbocycles. The van der Waals surface area contributed by atoms with Gasteiger partial charge in [0.15, 0.2) is 0 Å². The van der Waals surface area contributed by atoms with Crippen LogP contribution in [-0.4, -0.2) is 88.0 Å². The number of nitrogens with one attached hydrogen (secondary N) is 3. The first-order chi connectivity index (χ1) is 18.0. The molecule has 1 rings (SSSR count). The topological polar surface area (TPSA) is 214 Å². The Hall–Kier alpha value is -2.97. The van der Waals surface area contributed by atoms with E-state index in [1.165, 1.54) is 35.7 Å². The van der Waals surface area contributed by atoms with Gasteiger partial charge in [0.1, 0.15) is 23.9 Å². The molecule has 38 heavy (non-hydrogen) atoms. The highest BCUT2D eigenvalue weighted by atomic mass is 32.2. The van der Waals surface area contributed by atoms with Crippen molar-refractivity contribution in [1.29, 1.82) is 0 Å². The van der Waals surface area contributed by atoms with Gasteiger partial charge in [0.2, 0.25) is 23.6 Å². The minimum Gasteiger partial charge on any atom is -0.508 e. The van der Waals surface area contributed by atoms with Gasteiger partial charge in [0.05, 0.1) is 6.04 Å². The van der Waals surface area contributed by atoms with E-state index in [0.717, 1.165) is 5.56 Å². The zero-order chi connectivity index (χ0) is 28.7. The first-order valence-electron chi connectivity index (χ1n) is 11.9. The summed E-state index contributed by atoms with van der Waals surface area (Å²) in [5, 5.41) is 26.5. The second-order valence-corrected chi connectivity index (χ2v) is 10.5. The third kappa shape index (κ3) is 12.5. The number of hydrogen-bond acceptors (Lipinski definition) is 9. The summed E-state index contributed by atoms with van der Waals surface area (Å²) >= 11 is 2.91. The van der Waals surface area contributed by atoms with Crippen LogP contribution in [0.25, 0.3) is 0 Å². The number of phenolic OH excluding ortho intramolecular Hbond substituents is 1. The van der Waals surface area contributed by atoms with Crippen LogP contribution in [-0.2, 0) is 30.4 Å². The summed E-state index contributed by atoms with van der Waals surface area (Å²) < 4.78 is 0. The van der Waals surface area contributed by atoms with Gasteiger partial charge in [-0.05, 0) is 67.4 Å². The maximum Gasteiger partial charge on any atom is 0.326 e. The van der Waals surface area contributed by atoms with E-state index in [1.807, 2.05) is 12.5 Å². The molecule has 0 spiro atoms. The summed E-state index contributed by atoms with van der Waals surface area (Å²) in [5.41, 5.74) is 11.9. The molecule has 0 aliphatic carbocycles. The van der Waals surface area contributed by atoms with Gasteiger partial charge in [-0.15, -0.1) is 0 Å². The molecule has 4 unspecified atom stereocenters. The molecule has 0 bridgehead atoms. The van der Waals surface area contributed by atoms with Gasteiger partial charge < -0.3 is 37.6 Å². The Balaban J connectivity index is 2.92. The van der Waals surface area contributed by atoms with Crippen LogP contribution in [0, 0.1) is 0 Å². The van der Waals surface area contributed by atoms with Gasteiger partial charge >= 0.3 is 5.97 Å². The fourth-order valence-corrected chi connectivity index (χ4v) is 4.30. The van der Waals surface area contributed by atoms with E-state index in [1.54, 1.807) is 12.1 Å². The summed E-state index contributed by atoms with van der Waals surface area (Å²) in [6.45, 7) is 0. The third-order valence-corrected chi connectivity index (χ3v) is 6.80. The number of benzene rings is 1. The van der Waals surface area contributed by atoms with Crippen molar-refractivity contribution in [2.24, 2.45) is 11.5 Å². The van der Waals surface area contributed by atoms with Crippen molar-refractivity contribution in [3.63, 3.8) is 0 Å². The van der Waals surface area contributed by atoms with E-state index >= 15 is 0 Å². The van der Waals surface area contributed by atoms with E-state index in [2.05, 4.69) is 16.0 Å². The molecule has 4 amide bonds. The number of phenols is 1. The molecule has 1 aromatic rings. The molecule has 0 aliphatic rings. The summed E-state index contributed by atoms with van der Waals surface area (Å²) in [5.74, 6) is -2.78. The van der Waals surface area contributed by atoms with E-state index in [0.29, 0.717) is 11.5 Å². The number of thioether (sulfide) groups is 2. The van der Waals surface area contributed by atoms with E-state index in [4.69, 9.17) is 11.5 Å². The molecule has 12 nitrogen and oxygen atoms in total. The van der Waals surface area contributed by atoms with Crippen LogP contribution >= 0.6 is 23.5 Å². The van der Waals surface area contributed by atoms with Gasteiger partial charge in [0.25, 0.3) is 0 Å². The van der Waals surface area contributed by atoms with Crippen molar-refractivity contribution in [3.8, 4) is 5.75 Å². The Morgan fingerprint density at radius 1 is 0.816 bits per heavy atom. The van der Waals surface area contributed by atoms with Crippen molar-refractivity contribution in [2.45, 2.75) is 56.3 Å². The predicted octanol–water partition coefficient (Wildman–Crippen LogP) is -0.427. The molecule has 0 radical (unpaired) electrons. The number of carboxylic acid groups (broad SMARTS) is 1. The standard InChI is InChI=1S/C24H37N5O7S2/c1-37-11-9-17(27-21(32)16(25)13-14-3-5-15(30)6-4-14)22(33)28-18(10-12-38-2)23(34)29-19(24(35)36)7-8-20(26)31/h3-6,16-19,30H,7-13,25H2,1-2H3,(H2,26,31)(H,27,32)(H,28,33)(H,29,34)(H,35,36). The van der Waals surface area contributed by atoms with Crippen molar-refractivity contribution >= 4 is 53.1 Å². The summed E-state index contributed by atoms with van der Waals surface area (Å²) in [6.07, 6.45) is 3.92. The Morgan fingerprint density at radius 2 is 1.29 bits per heavy atom. The second kappa shape index (κ2) is 17.5. The fraction of sp³-hybridized carbons (Fsp3) is 0.542. The highest BCUT2D eigenvalue weighted by Crippen LogP contribution is 2.11. The quantitative estimate of drug-likeness (QED) is 0.121. The van der Waals surface area contributed by atoms with Gasteiger partial charge in [0, 0.05) is 6.42 Å². The predicted molar refractivity (Wildman–Crippen MR) is 148 cm³/mol. The minimum absolute atomic E-state index is 0.0863. The lowest BCUT2D eigenvalue weighted by Crippen LogP contribution is -2.57. The number of nitrogens with two attached hydrogens (primary N) is 2. The van der Waals surface area contributed by atoms with Crippen LogP contribution in [0.5, 0.6) is 5.75 Å². The number of carbonyl (C=O) groups excluding carboxylic acids is 4. The minimum atomic E-state index is -1.35. The van der Waals surface area contributed by atoms with Crippen molar-refractivity contribution < 1.29 is 34.2 Å². The molecule has 0 saturated carbocycles. The largest absolute Gasteiger partial charge is 0.508 e. The number of primary amides is 1. The van der Waals surface area contributed by atoms with Gasteiger partial charge in [-0.1, -0.05) is 12.1 Å².